The van der Waals surface area contributed by atoms with Crippen LogP contribution in [-0.4, -0.2) is 38.2 Å². The molecule has 8 nitrogen and oxygen atoms in total. The van der Waals surface area contributed by atoms with E-state index in [4.69, 9.17) is 5.11 Å². The van der Waals surface area contributed by atoms with Gasteiger partial charge in [-0.1, -0.05) is 79.9 Å². The van der Waals surface area contributed by atoms with Crippen LogP contribution in [-0.2, 0) is 4.79 Å². The number of nitrogens with zero attached hydrogens (tertiary/aromatic N) is 2. The van der Waals surface area contributed by atoms with Crippen LogP contribution in [0.15, 0.2) is 65.5 Å². The summed E-state index contributed by atoms with van der Waals surface area (Å²) in [7, 11) is 0. The molecule has 2 aromatic carbocycles. The van der Waals surface area contributed by atoms with E-state index < -0.39 is 41.3 Å². The maximum Gasteiger partial charge on any atom is 0.322 e. The number of hydrogen-bond acceptors (Lipinski definition) is 5. The van der Waals surface area contributed by atoms with Crippen LogP contribution in [0.1, 0.15) is 71.4 Å². The smallest absolute Gasteiger partial charge is 0.322 e. The Kier molecular flexibility index (Phi) is 7.06. The first-order valence-corrected chi connectivity index (χ1v) is 11.4. The average Bonchev–Trinajstić information content (AvgIpc) is 2.85. The Bertz CT molecular complexity index is 1180. The van der Waals surface area contributed by atoms with Crippen molar-refractivity contribution in [2.75, 3.05) is 6.54 Å². The third-order valence-electron chi connectivity index (χ3n) is 6.21. The van der Waals surface area contributed by atoms with Crippen LogP contribution in [0.25, 0.3) is 0 Å². The van der Waals surface area contributed by atoms with E-state index in [-0.39, 0.29) is 6.04 Å². The van der Waals surface area contributed by atoms with Gasteiger partial charge < -0.3 is 15.5 Å². The van der Waals surface area contributed by atoms with Gasteiger partial charge in [-0.3, -0.25) is 19.0 Å². The summed E-state index contributed by atoms with van der Waals surface area (Å²) in [6.07, 6.45) is 4.47. The highest BCUT2D eigenvalue weighted by atomic mass is 16.4. The molecule has 1 fully saturated rings. The van der Waals surface area contributed by atoms with E-state index in [1.165, 1.54) is 0 Å². The van der Waals surface area contributed by atoms with E-state index >= 15 is 0 Å². The summed E-state index contributed by atoms with van der Waals surface area (Å²) in [4.78, 5) is 41.7. The fourth-order valence-corrected chi connectivity index (χ4v) is 4.66. The van der Waals surface area contributed by atoms with Crippen molar-refractivity contribution in [1.29, 1.82) is 0 Å². The number of aromatic hydroxyl groups is 1. The predicted molar refractivity (Wildman–Crippen MR) is 126 cm³/mol. The van der Waals surface area contributed by atoms with E-state index in [1.54, 1.807) is 4.57 Å². The number of hydrogen-bond donors (Lipinski definition) is 3. The van der Waals surface area contributed by atoms with Crippen molar-refractivity contribution in [3.05, 3.63) is 93.5 Å². The van der Waals surface area contributed by atoms with Crippen LogP contribution in [0.5, 0.6) is 5.88 Å². The summed E-state index contributed by atoms with van der Waals surface area (Å²) in [6, 6.07) is 19.0. The number of carboxylic acids is 1. The van der Waals surface area contributed by atoms with Crippen LogP contribution < -0.4 is 10.9 Å². The van der Waals surface area contributed by atoms with Gasteiger partial charge >= 0.3 is 5.97 Å². The second-order valence-electron chi connectivity index (χ2n) is 8.47. The molecule has 1 heterocycles. The van der Waals surface area contributed by atoms with Gasteiger partial charge in [-0.15, -0.1) is 0 Å². The van der Waals surface area contributed by atoms with Crippen molar-refractivity contribution < 1.29 is 19.8 Å². The standard InChI is InChI=1S/C26H27N3O5/c30-20(31)16-27-24(32)22-25(33)28-23(29(26(22)34)19-14-8-3-9-15-19)21(17-10-4-1-5-11-17)18-12-6-2-7-13-18/h1-2,4-7,10-13,19,21,33H,3,8-9,14-16H2,(H,27,32)(H,30,31). The van der Waals surface area contributed by atoms with Gasteiger partial charge in [-0.2, -0.15) is 4.98 Å². The monoisotopic (exact) mass is 461 g/mol. The molecule has 3 N–H and O–H groups in total. The number of benzene rings is 2. The summed E-state index contributed by atoms with van der Waals surface area (Å²) >= 11 is 0. The number of carboxylic acid groups (broad SMARTS) is 1. The normalized spacial score (nSPS) is 14.1. The van der Waals surface area contributed by atoms with E-state index in [1.807, 2.05) is 60.7 Å². The second-order valence-corrected chi connectivity index (χ2v) is 8.47. The van der Waals surface area contributed by atoms with E-state index in [0.717, 1.165) is 43.2 Å². The Hall–Kier alpha value is -3.94. The molecule has 4 rings (SSSR count). The molecule has 1 aliphatic carbocycles. The van der Waals surface area contributed by atoms with Crippen molar-refractivity contribution >= 4 is 11.9 Å². The number of carbonyl (C=O) groups is 2. The van der Waals surface area contributed by atoms with Gasteiger partial charge in [-0.05, 0) is 24.0 Å². The minimum Gasteiger partial charge on any atom is -0.493 e. The van der Waals surface area contributed by atoms with Crippen molar-refractivity contribution in [2.24, 2.45) is 0 Å². The molecule has 176 valence electrons. The summed E-state index contributed by atoms with van der Waals surface area (Å²) in [5, 5.41) is 21.8. The van der Waals surface area contributed by atoms with Gasteiger partial charge in [0, 0.05) is 6.04 Å². The Morgan fingerprint density at radius 3 is 2.06 bits per heavy atom. The molecule has 1 amide bonds. The van der Waals surface area contributed by atoms with Crippen LogP contribution >= 0.6 is 0 Å². The molecule has 0 saturated heterocycles. The van der Waals surface area contributed by atoms with E-state index in [0.29, 0.717) is 5.82 Å². The lowest BCUT2D eigenvalue weighted by Crippen LogP contribution is -2.39. The number of carbonyl (C=O) groups excluding carboxylic acids is 1. The van der Waals surface area contributed by atoms with Crippen molar-refractivity contribution in [3.8, 4) is 5.88 Å². The summed E-state index contributed by atoms with van der Waals surface area (Å²) < 4.78 is 1.55. The second kappa shape index (κ2) is 10.3. The highest BCUT2D eigenvalue weighted by Gasteiger charge is 2.31. The predicted octanol–water partition coefficient (Wildman–Crippen LogP) is 3.45. The van der Waals surface area contributed by atoms with Gasteiger partial charge in [0.15, 0.2) is 5.56 Å². The molecule has 0 radical (unpaired) electrons. The fourth-order valence-electron chi connectivity index (χ4n) is 4.66. The first-order valence-electron chi connectivity index (χ1n) is 11.4. The quantitative estimate of drug-likeness (QED) is 0.496. The third kappa shape index (κ3) is 4.85. The number of nitrogens with one attached hydrogen (secondary N) is 1. The minimum atomic E-state index is -1.25. The van der Waals surface area contributed by atoms with Crippen LogP contribution in [0, 0.1) is 0 Å². The Morgan fingerprint density at radius 1 is 0.971 bits per heavy atom. The van der Waals surface area contributed by atoms with Crippen molar-refractivity contribution in [1.82, 2.24) is 14.9 Å². The molecule has 3 aromatic rings. The summed E-state index contributed by atoms with van der Waals surface area (Å²) in [5.74, 6) is -2.99. The first kappa shape index (κ1) is 23.2. The molecular weight excluding hydrogens is 434 g/mol. The Labute approximate surface area is 196 Å². The molecule has 1 saturated carbocycles. The molecule has 0 aliphatic heterocycles. The lowest BCUT2D eigenvalue weighted by Gasteiger charge is -2.30. The molecule has 0 unspecified atom stereocenters. The fraction of sp³-hybridized carbons (Fsp3) is 0.308. The molecule has 0 atom stereocenters. The van der Waals surface area contributed by atoms with Gasteiger partial charge in [0.25, 0.3) is 11.5 Å². The van der Waals surface area contributed by atoms with Gasteiger partial charge in [0.05, 0.1) is 5.92 Å². The Morgan fingerprint density at radius 2 is 1.53 bits per heavy atom. The van der Waals surface area contributed by atoms with Crippen LogP contribution in [0.4, 0.5) is 0 Å². The number of aromatic nitrogens is 2. The zero-order chi connectivity index (χ0) is 24.1. The highest BCUT2D eigenvalue weighted by Crippen LogP contribution is 2.36. The molecular formula is C26H27N3O5. The highest BCUT2D eigenvalue weighted by molar-refractivity contribution is 5.97. The van der Waals surface area contributed by atoms with Gasteiger partial charge in [0.1, 0.15) is 12.4 Å². The minimum absolute atomic E-state index is 0.176. The summed E-state index contributed by atoms with van der Waals surface area (Å²) in [5.41, 5.74) is 0.602. The molecule has 8 heteroatoms. The maximum atomic E-state index is 13.7. The van der Waals surface area contributed by atoms with Gasteiger partial charge in [-0.25, -0.2) is 0 Å². The number of aliphatic carboxylic acids is 1. The molecule has 0 spiro atoms. The van der Waals surface area contributed by atoms with E-state index in [9.17, 15) is 19.5 Å². The lowest BCUT2D eigenvalue weighted by atomic mass is 9.88. The zero-order valence-corrected chi connectivity index (χ0v) is 18.7. The third-order valence-corrected chi connectivity index (χ3v) is 6.21. The molecule has 1 aliphatic rings. The molecule has 0 bridgehead atoms. The average molecular weight is 462 g/mol. The molecule has 1 aromatic heterocycles. The lowest BCUT2D eigenvalue weighted by molar-refractivity contribution is -0.135. The maximum absolute atomic E-state index is 13.7. The van der Waals surface area contributed by atoms with E-state index in [2.05, 4.69) is 10.3 Å². The number of amides is 1. The topological polar surface area (TPSA) is 122 Å². The van der Waals surface area contributed by atoms with Gasteiger partial charge in [0.2, 0.25) is 5.88 Å². The van der Waals surface area contributed by atoms with Crippen molar-refractivity contribution in [3.63, 3.8) is 0 Å². The summed E-state index contributed by atoms with van der Waals surface area (Å²) in [6.45, 7) is -0.667. The number of rotatable bonds is 7. The van der Waals surface area contributed by atoms with Crippen LogP contribution in [0.2, 0.25) is 0 Å². The molecule has 34 heavy (non-hydrogen) atoms. The van der Waals surface area contributed by atoms with Crippen molar-refractivity contribution in [2.45, 2.75) is 44.1 Å². The SMILES string of the molecule is O=C(O)CNC(=O)c1c(O)nc(C(c2ccccc2)c2ccccc2)n(C2CCCCC2)c1=O. The largest absolute Gasteiger partial charge is 0.493 e. The zero-order valence-electron chi connectivity index (χ0n) is 18.7. The first-order chi connectivity index (χ1) is 16.5. The van der Waals surface area contributed by atoms with Crippen LogP contribution in [0.3, 0.4) is 0 Å². The Balaban J connectivity index is 1.94.